The van der Waals surface area contributed by atoms with Crippen LogP contribution in [0, 0.1) is 13.8 Å². The zero-order valence-electron chi connectivity index (χ0n) is 14.5. The van der Waals surface area contributed by atoms with Crippen LogP contribution >= 0.6 is 15.9 Å². The molecule has 0 aliphatic carbocycles. The molecule has 1 aromatic carbocycles. The summed E-state index contributed by atoms with van der Waals surface area (Å²) in [5.41, 5.74) is 4.68. The topological polar surface area (TPSA) is 64.7 Å². The maximum Gasteiger partial charge on any atom is 0.251 e. The third kappa shape index (κ3) is 3.99. The molecule has 0 bridgehead atoms. The second-order valence-electron chi connectivity index (χ2n) is 6.05. The van der Waals surface area contributed by atoms with Gasteiger partial charge in [-0.25, -0.2) is 0 Å². The summed E-state index contributed by atoms with van der Waals surface area (Å²) >= 11 is 3.54. The highest BCUT2D eigenvalue weighted by molar-refractivity contribution is 9.10. The fourth-order valence-electron chi connectivity index (χ4n) is 2.66. The first-order valence-electron chi connectivity index (χ1n) is 7.98. The highest BCUT2D eigenvalue weighted by atomic mass is 79.9. The number of halogens is 1. The summed E-state index contributed by atoms with van der Waals surface area (Å²) < 4.78 is 4.68. The summed E-state index contributed by atoms with van der Waals surface area (Å²) in [7, 11) is 1.85. The molecule has 0 unspecified atom stereocenters. The van der Waals surface area contributed by atoms with Gasteiger partial charge in [-0.2, -0.15) is 10.2 Å². The number of hydrogen-bond donors (Lipinski definition) is 1. The van der Waals surface area contributed by atoms with Crippen LogP contribution in [0.2, 0.25) is 0 Å². The Morgan fingerprint density at radius 2 is 2.08 bits per heavy atom. The average Bonchev–Trinajstić information content (AvgIpc) is 3.12. The molecule has 2 heterocycles. The Hall–Kier alpha value is -2.41. The molecule has 6 nitrogen and oxygen atoms in total. The van der Waals surface area contributed by atoms with Gasteiger partial charge in [0.05, 0.1) is 28.6 Å². The SMILES string of the molecule is Cc1nn(Cc2cccc(C(=O)NCc3cnn(C)c3)c2)c(C)c1Br. The quantitative estimate of drug-likeness (QED) is 0.714. The number of aromatic nitrogens is 4. The largest absolute Gasteiger partial charge is 0.348 e. The molecule has 0 fully saturated rings. The summed E-state index contributed by atoms with van der Waals surface area (Å²) in [6.45, 7) is 5.08. The van der Waals surface area contributed by atoms with Gasteiger partial charge in [-0.15, -0.1) is 0 Å². The molecule has 0 atom stereocenters. The maximum absolute atomic E-state index is 12.4. The number of benzene rings is 1. The molecular weight excluding hydrogens is 382 g/mol. The van der Waals surface area contributed by atoms with Crippen LogP contribution in [0.3, 0.4) is 0 Å². The molecule has 7 heteroatoms. The van der Waals surface area contributed by atoms with E-state index in [1.165, 1.54) is 0 Å². The van der Waals surface area contributed by atoms with Crippen molar-refractivity contribution in [3.8, 4) is 0 Å². The molecule has 130 valence electrons. The van der Waals surface area contributed by atoms with Crippen LogP contribution in [-0.2, 0) is 20.1 Å². The zero-order valence-corrected chi connectivity index (χ0v) is 16.0. The number of aryl methyl sites for hydroxylation is 2. The first-order chi connectivity index (χ1) is 11.9. The van der Waals surface area contributed by atoms with Crippen molar-refractivity contribution in [3.63, 3.8) is 0 Å². The summed E-state index contributed by atoms with van der Waals surface area (Å²) in [4.78, 5) is 12.4. The van der Waals surface area contributed by atoms with Gasteiger partial charge in [0, 0.05) is 30.9 Å². The molecule has 1 amide bonds. The number of carbonyl (C=O) groups excluding carboxylic acids is 1. The lowest BCUT2D eigenvalue weighted by molar-refractivity contribution is 0.0951. The van der Waals surface area contributed by atoms with Crippen molar-refractivity contribution >= 4 is 21.8 Å². The predicted octanol–water partition coefficient (Wildman–Crippen LogP) is 2.97. The van der Waals surface area contributed by atoms with E-state index in [9.17, 15) is 4.79 Å². The van der Waals surface area contributed by atoms with E-state index < -0.39 is 0 Å². The van der Waals surface area contributed by atoms with Crippen molar-refractivity contribution in [2.45, 2.75) is 26.9 Å². The molecule has 1 N–H and O–H groups in total. The van der Waals surface area contributed by atoms with Gasteiger partial charge in [0.25, 0.3) is 5.91 Å². The highest BCUT2D eigenvalue weighted by Crippen LogP contribution is 2.20. The van der Waals surface area contributed by atoms with E-state index in [1.54, 1.807) is 10.9 Å². The number of hydrogen-bond acceptors (Lipinski definition) is 3. The van der Waals surface area contributed by atoms with Gasteiger partial charge in [0.2, 0.25) is 0 Å². The summed E-state index contributed by atoms with van der Waals surface area (Å²) in [5, 5.41) is 11.5. The maximum atomic E-state index is 12.4. The van der Waals surface area contributed by atoms with E-state index in [4.69, 9.17) is 0 Å². The van der Waals surface area contributed by atoms with Crippen LogP contribution in [-0.4, -0.2) is 25.5 Å². The smallest absolute Gasteiger partial charge is 0.251 e. The Balaban J connectivity index is 1.70. The molecule has 0 saturated carbocycles. The average molecular weight is 402 g/mol. The lowest BCUT2D eigenvalue weighted by Crippen LogP contribution is -2.22. The fourth-order valence-corrected chi connectivity index (χ4v) is 2.94. The minimum atomic E-state index is -0.0970. The van der Waals surface area contributed by atoms with E-state index in [0.717, 1.165) is 27.0 Å². The van der Waals surface area contributed by atoms with Gasteiger partial charge in [-0.05, 0) is 47.5 Å². The van der Waals surface area contributed by atoms with Gasteiger partial charge >= 0.3 is 0 Å². The molecule has 25 heavy (non-hydrogen) atoms. The van der Waals surface area contributed by atoms with Crippen LogP contribution in [0.25, 0.3) is 0 Å². The van der Waals surface area contributed by atoms with Crippen molar-refractivity contribution in [3.05, 3.63) is 69.2 Å². The Kier molecular flexibility index (Phi) is 5.03. The van der Waals surface area contributed by atoms with E-state index >= 15 is 0 Å². The van der Waals surface area contributed by atoms with Crippen molar-refractivity contribution in [1.82, 2.24) is 24.9 Å². The monoisotopic (exact) mass is 401 g/mol. The molecule has 0 saturated heterocycles. The van der Waals surface area contributed by atoms with Gasteiger partial charge in [-0.1, -0.05) is 12.1 Å². The number of rotatable bonds is 5. The molecule has 3 aromatic rings. The van der Waals surface area contributed by atoms with Crippen molar-refractivity contribution < 1.29 is 4.79 Å². The van der Waals surface area contributed by atoms with E-state index in [1.807, 2.05) is 56.0 Å². The third-order valence-electron chi connectivity index (χ3n) is 4.03. The lowest BCUT2D eigenvalue weighted by Gasteiger charge is -2.08. The standard InChI is InChI=1S/C18H20BrN5O/c1-12-17(19)13(2)24(22-12)11-14-5-4-6-16(7-14)18(25)20-8-15-9-21-23(3)10-15/h4-7,9-10H,8,11H2,1-3H3,(H,20,25). The van der Waals surface area contributed by atoms with Crippen LogP contribution in [0.15, 0.2) is 41.1 Å². The Morgan fingerprint density at radius 3 is 2.72 bits per heavy atom. The van der Waals surface area contributed by atoms with E-state index in [2.05, 4.69) is 31.4 Å². The first-order valence-corrected chi connectivity index (χ1v) is 8.77. The first kappa shape index (κ1) is 17.4. The molecular formula is C18H20BrN5O. The van der Waals surface area contributed by atoms with Gasteiger partial charge in [-0.3, -0.25) is 14.2 Å². The normalized spacial score (nSPS) is 10.9. The summed E-state index contributed by atoms with van der Waals surface area (Å²) in [5.74, 6) is -0.0970. The van der Waals surface area contributed by atoms with Crippen molar-refractivity contribution in [1.29, 1.82) is 0 Å². The van der Waals surface area contributed by atoms with E-state index in [-0.39, 0.29) is 5.91 Å². The molecule has 0 radical (unpaired) electrons. The van der Waals surface area contributed by atoms with Gasteiger partial charge in [0.1, 0.15) is 0 Å². The molecule has 0 spiro atoms. The molecule has 0 aliphatic rings. The van der Waals surface area contributed by atoms with Crippen molar-refractivity contribution in [2.24, 2.45) is 7.05 Å². The van der Waals surface area contributed by atoms with Crippen LogP contribution in [0.1, 0.15) is 32.9 Å². The number of carbonyl (C=O) groups is 1. The van der Waals surface area contributed by atoms with Gasteiger partial charge < -0.3 is 5.32 Å². The summed E-state index contributed by atoms with van der Waals surface area (Å²) in [6.07, 6.45) is 3.63. The second kappa shape index (κ2) is 7.23. The minimum Gasteiger partial charge on any atom is -0.348 e. The van der Waals surface area contributed by atoms with Crippen molar-refractivity contribution in [2.75, 3.05) is 0 Å². The third-order valence-corrected chi connectivity index (χ3v) is 5.17. The Labute approximate surface area is 155 Å². The highest BCUT2D eigenvalue weighted by Gasteiger charge is 2.11. The fraction of sp³-hybridized carbons (Fsp3) is 0.278. The van der Waals surface area contributed by atoms with Crippen LogP contribution in [0.4, 0.5) is 0 Å². The summed E-state index contributed by atoms with van der Waals surface area (Å²) in [6, 6.07) is 7.62. The molecule has 2 aromatic heterocycles. The van der Waals surface area contributed by atoms with Crippen LogP contribution in [0.5, 0.6) is 0 Å². The van der Waals surface area contributed by atoms with Crippen LogP contribution < -0.4 is 5.32 Å². The van der Waals surface area contributed by atoms with E-state index in [0.29, 0.717) is 18.7 Å². The number of nitrogens with one attached hydrogen (secondary N) is 1. The molecule has 3 rings (SSSR count). The predicted molar refractivity (Wildman–Crippen MR) is 99.3 cm³/mol. The van der Waals surface area contributed by atoms with Gasteiger partial charge in [0.15, 0.2) is 0 Å². The second-order valence-corrected chi connectivity index (χ2v) is 6.84. The molecule has 0 aliphatic heterocycles. The number of amides is 1. The zero-order chi connectivity index (χ0) is 18.0. The Bertz CT molecular complexity index is 912. The Morgan fingerprint density at radius 1 is 1.28 bits per heavy atom. The lowest BCUT2D eigenvalue weighted by atomic mass is 10.1. The minimum absolute atomic E-state index is 0.0970. The number of nitrogens with zero attached hydrogens (tertiary/aromatic N) is 4.